The highest BCUT2D eigenvalue weighted by Crippen LogP contribution is 2.64. The molecule has 0 radical (unpaired) electrons. The first-order valence-electron chi connectivity index (χ1n) is 3.62. The highest BCUT2D eigenvalue weighted by atomic mass is 31.2. The predicted molar refractivity (Wildman–Crippen MR) is 49.5 cm³/mol. The van der Waals surface area contributed by atoms with Gasteiger partial charge in [-0.3, -0.25) is 4.57 Å². The van der Waals surface area contributed by atoms with E-state index in [-0.39, 0.29) is 6.61 Å². The fraction of sp³-hybridized carbons (Fsp3) is 1.00. The minimum absolute atomic E-state index is 0.175. The van der Waals surface area contributed by atoms with Crippen molar-refractivity contribution in [3.63, 3.8) is 0 Å². The first-order chi connectivity index (χ1) is 5.22. The lowest BCUT2D eigenvalue weighted by atomic mass is 10.9. The third kappa shape index (κ3) is 3.38. The molecule has 74 valence electrons. The van der Waals surface area contributed by atoms with E-state index in [4.69, 9.17) is 4.52 Å². The molecule has 0 fully saturated rings. The number of halogens is 1. The molecule has 0 rings (SSSR count). The lowest BCUT2D eigenvalue weighted by Crippen LogP contribution is -2.03. The maximum Gasteiger partial charge on any atom is 0.240 e. The molecule has 2 atom stereocenters. The van der Waals surface area contributed by atoms with Gasteiger partial charge in [-0.2, -0.15) is 0 Å². The summed E-state index contributed by atoms with van der Waals surface area (Å²) >= 11 is 0. The van der Waals surface area contributed by atoms with Crippen LogP contribution in [-0.2, 0) is 13.7 Å². The molecule has 12 heavy (non-hydrogen) atoms. The molecule has 0 N–H and O–H groups in total. The van der Waals surface area contributed by atoms with Crippen molar-refractivity contribution >= 4 is 14.5 Å². The molecule has 0 aliphatic heterocycles. The summed E-state index contributed by atoms with van der Waals surface area (Å²) in [7, 11) is -6.30. The van der Waals surface area contributed by atoms with E-state index in [0.717, 1.165) is 0 Å². The molecule has 3 nitrogen and oxygen atoms in total. The third-order valence-electron chi connectivity index (χ3n) is 1.29. The van der Waals surface area contributed by atoms with Gasteiger partial charge < -0.3 is 9.09 Å². The maximum atomic E-state index is 13.2. The Balaban J connectivity index is 4.58. The van der Waals surface area contributed by atoms with Crippen LogP contribution in [0.25, 0.3) is 0 Å². The van der Waals surface area contributed by atoms with Gasteiger partial charge in [-0.05, 0) is 20.3 Å². The Labute approximate surface area is 72.5 Å². The molecule has 0 spiro atoms. The van der Waals surface area contributed by atoms with Gasteiger partial charge in [-0.15, -0.1) is 0 Å². The molecular formula is C6H15FO3P2. The fourth-order valence-electron chi connectivity index (χ4n) is 0.823. The zero-order valence-electron chi connectivity index (χ0n) is 7.78. The maximum absolute atomic E-state index is 13.2. The van der Waals surface area contributed by atoms with E-state index < -0.39 is 20.2 Å². The van der Waals surface area contributed by atoms with Crippen LogP contribution in [-0.4, -0.2) is 32.3 Å². The quantitative estimate of drug-likeness (QED) is 0.678. The second kappa shape index (κ2) is 4.04. The lowest BCUT2D eigenvalue weighted by molar-refractivity contribution is 0.316. The Morgan fingerprint density at radius 3 is 2.00 bits per heavy atom. The molecule has 0 amide bonds. The Morgan fingerprint density at radius 2 is 1.75 bits per heavy atom. The summed E-state index contributed by atoms with van der Waals surface area (Å²) in [5.74, 6) is 0. The molecule has 0 aromatic rings. The largest absolute Gasteiger partial charge is 0.327 e. The number of hydrogen-bond acceptors (Lipinski definition) is 3. The SMILES string of the molecule is CCOP(C)(=O)C(F)P(C)(C)=O. The lowest BCUT2D eigenvalue weighted by Gasteiger charge is -2.20. The second-order valence-electron chi connectivity index (χ2n) is 3.07. The summed E-state index contributed by atoms with van der Waals surface area (Å²) in [6, 6.07) is 0. The minimum Gasteiger partial charge on any atom is -0.327 e. The van der Waals surface area contributed by atoms with Crippen LogP contribution in [0.15, 0.2) is 0 Å². The van der Waals surface area contributed by atoms with E-state index in [1.807, 2.05) is 0 Å². The van der Waals surface area contributed by atoms with E-state index in [1.165, 1.54) is 20.0 Å². The van der Waals surface area contributed by atoms with Crippen molar-refractivity contribution in [2.45, 2.75) is 12.6 Å². The first-order valence-corrected chi connectivity index (χ1v) is 8.43. The molecule has 0 aromatic heterocycles. The summed E-state index contributed by atoms with van der Waals surface area (Å²) in [4.78, 5) is 0. The Kier molecular flexibility index (Phi) is 4.16. The van der Waals surface area contributed by atoms with Gasteiger partial charge in [0.25, 0.3) is 0 Å². The van der Waals surface area contributed by atoms with Crippen LogP contribution in [0.1, 0.15) is 6.92 Å². The van der Waals surface area contributed by atoms with Crippen LogP contribution in [0.2, 0.25) is 0 Å². The van der Waals surface area contributed by atoms with E-state index in [9.17, 15) is 13.5 Å². The highest BCUT2D eigenvalue weighted by molar-refractivity contribution is 7.78. The smallest absolute Gasteiger partial charge is 0.240 e. The zero-order chi connectivity index (χ0) is 9.99. The van der Waals surface area contributed by atoms with Gasteiger partial charge >= 0.3 is 0 Å². The summed E-state index contributed by atoms with van der Waals surface area (Å²) in [6.07, 6.45) is 0. The Hall–Kier alpha value is 0.350. The average molecular weight is 216 g/mol. The normalized spacial score (nSPS) is 20.1. The van der Waals surface area contributed by atoms with E-state index in [0.29, 0.717) is 0 Å². The van der Waals surface area contributed by atoms with Crippen LogP contribution in [0.3, 0.4) is 0 Å². The van der Waals surface area contributed by atoms with Crippen molar-refractivity contribution in [2.75, 3.05) is 26.6 Å². The summed E-state index contributed by atoms with van der Waals surface area (Å²) in [5.41, 5.74) is -1.83. The summed E-state index contributed by atoms with van der Waals surface area (Å²) in [5, 5.41) is 0. The van der Waals surface area contributed by atoms with Gasteiger partial charge in [0.1, 0.15) is 7.14 Å². The van der Waals surface area contributed by atoms with Gasteiger partial charge in [0.2, 0.25) is 13.0 Å². The molecule has 0 saturated heterocycles. The van der Waals surface area contributed by atoms with Crippen molar-refractivity contribution in [3.05, 3.63) is 0 Å². The fourth-order valence-corrected chi connectivity index (χ4v) is 5.70. The van der Waals surface area contributed by atoms with E-state index in [1.54, 1.807) is 6.92 Å². The molecule has 0 bridgehead atoms. The molecular weight excluding hydrogens is 201 g/mol. The topological polar surface area (TPSA) is 43.4 Å². The molecule has 0 heterocycles. The monoisotopic (exact) mass is 216 g/mol. The average Bonchev–Trinajstić information content (AvgIpc) is 1.84. The standard InChI is InChI=1S/C6H15FO3P2/c1-5-10-12(4,9)6(7)11(2,3)8/h6H,5H2,1-4H3. The minimum atomic E-state index is -3.33. The molecule has 2 unspecified atom stereocenters. The van der Waals surface area contributed by atoms with Gasteiger partial charge in [0.05, 0.1) is 6.61 Å². The molecule has 6 heteroatoms. The van der Waals surface area contributed by atoms with Crippen LogP contribution < -0.4 is 0 Å². The van der Waals surface area contributed by atoms with Gasteiger partial charge in [-0.25, -0.2) is 4.39 Å². The summed E-state index contributed by atoms with van der Waals surface area (Å²) < 4.78 is 40.5. The molecule has 0 saturated carbocycles. The zero-order valence-corrected chi connectivity index (χ0v) is 9.57. The van der Waals surface area contributed by atoms with Crippen molar-refractivity contribution < 1.29 is 18.0 Å². The number of alkyl halides is 1. The Morgan fingerprint density at radius 1 is 1.33 bits per heavy atom. The highest BCUT2D eigenvalue weighted by Gasteiger charge is 2.38. The third-order valence-corrected chi connectivity index (χ3v) is 6.78. The molecule has 0 aromatic carbocycles. The van der Waals surface area contributed by atoms with Crippen molar-refractivity contribution in [1.29, 1.82) is 0 Å². The summed E-state index contributed by atoms with van der Waals surface area (Å²) in [6.45, 7) is 5.52. The number of rotatable bonds is 4. The number of hydrogen-bond donors (Lipinski definition) is 0. The van der Waals surface area contributed by atoms with Gasteiger partial charge in [0, 0.05) is 6.66 Å². The van der Waals surface area contributed by atoms with Crippen LogP contribution >= 0.6 is 14.5 Å². The predicted octanol–water partition coefficient (Wildman–Crippen LogP) is 2.81. The van der Waals surface area contributed by atoms with Crippen molar-refractivity contribution in [2.24, 2.45) is 0 Å². The van der Waals surface area contributed by atoms with Crippen molar-refractivity contribution in [3.8, 4) is 0 Å². The Bertz CT molecular complexity index is 235. The van der Waals surface area contributed by atoms with Crippen molar-refractivity contribution in [1.82, 2.24) is 0 Å². The second-order valence-corrected chi connectivity index (χ2v) is 9.33. The first kappa shape index (κ1) is 12.3. The van der Waals surface area contributed by atoms with Gasteiger partial charge in [-0.1, -0.05) is 0 Å². The van der Waals surface area contributed by atoms with Crippen LogP contribution in [0.4, 0.5) is 4.39 Å². The van der Waals surface area contributed by atoms with E-state index in [2.05, 4.69) is 0 Å². The van der Waals surface area contributed by atoms with E-state index >= 15 is 0 Å². The molecule has 0 aliphatic carbocycles. The van der Waals surface area contributed by atoms with Crippen LogP contribution in [0.5, 0.6) is 0 Å². The molecule has 0 aliphatic rings. The van der Waals surface area contributed by atoms with Gasteiger partial charge in [0.15, 0.2) is 0 Å². The van der Waals surface area contributed by atoms with Crippen LogP contribution in [0, 0.1) is 0 Å².